The van der Waals surface area contributed by atoms with Gasteiger partial charge in [0.2, 0.25) is 0 Å². The Balaban J connectivity index is 1.81. The van der Waals surface area contributed by atoms with Gasteiger partial charge in [-0.15, -0.1) is 0 Å². The zero-order valence-corrected chi connectivity index (χ0v) is 14.6. The Morgan fingerprint density at radius 1 is 1.09 bits per heavy atom. The van der Waals surface area contributed by atoms with Crippen LogP contribution in [0.25, 0.3) is 0 Å². The highest BCUT2D eigenvalue weighted by Crippen LogP contribution is 2.61. The van der Waals surface area contributed by atoms with Crippen molar-refractivity contribution in [3.63, 3.8) is 0 Å². The number of ketones is 1. The number of ether oxygens (including phenoxy) is 1. The number of fused-ring (bicyclic) bond motifs is 3. The van der Waals surface area contributed by atoms with Crippen molar-refractivity contribution in [2.45, 2.75) is 72.3 Å². The van der Waals surface area contributed by atoms with E-state index in [1.165, 1.54) is 18.4 Å². The predicted molar refractivity (Wildman–Crippen MR) is 87.7 cm³/mol. The van der Waals surface area contributed by atoms with Crippen LogP contribution in [-0.2, 0) is 14.3 Å². The summed E-state index contributed by atoms with van der Waals surface area (Å²) in [6, 6.07) is 0. The number of hydrogen-bond acceptors (Lipinski definition) is 3. The summed E-state index contributed by atoms with van der Waals surface area (Å²) in [7, 11) is 0. The molecule has 1 heterocycles. The van der Waals surface area contributed by atoms with E-state index >= 15 is 0 Å². The first-order chi connectivity index (χ1) is 10.7. The van der Waals surface area contributed by atoms with E-state index in [4.69, 9.17) is 4.74 Å². The predicted octanol–water partition coefficient (Wildman–Crippen LogP) is 4.12. The minimum atomic E-state index is -0.192. The fourth-order valence-electron chi connectivity index (χ4n) is 5.82. The zero-order valence-electron chi connectivity index (χ0n) is 14.6. The summed E-state index contributed by atoms with van der Waals surface area (Å²) < 4.78 is 5.58. The molecule has 3 heteroatoms. The maximum Gasteiger partial charge on any atom is 0.334 e. The van der Waals surface area contributed by atoms with Crippen LogP contribution in [0.15, 0.2) is 22.3 Å². The Bertz CT molecular complexity index is 679. The van der Waals surface area contributed by atoms with Gasteiger partial charge in [0.15, 0.2) is 5.78 Å². The molecule has 0 unspecified atom stereocenters. The number of carbonyl (C=O) groups excluding carboxylic acids is 2. The lowest BCUT2D eigenvalue weighted by Gasteiger charge is -2.55. The second-order valence-electron chi connectivity index (χ2n) is 8.82. The third kappa shape index (κ3) is 1.95. The van der Waals surface area contributed by atoms with Crippen LogP contribution in [0, 0.1) is 16.7 Å². The van der Waals surface area contributed by atoms with Crippen molar-refractivity contribution >= 4 is 11.8 Å². The monoisotopic (exact) mass is 314 g/mol. The molecule has 23 heavy (non-hydrogen) atoms. The van der Waals surface area contributed by atoms with Crippen LogP contribution in [0.3, 0.4) is 0 Å². The lowest BCUT2D eigenvalue weighted by Crippen LogP contribution is -2.49. The highest BCUT2D eigenvalue weighted by molar-refractivity contribution is 6.00. The van der Waals surface area contributed by atoms with Crippen LogP contribution in [-0.4, -0.2) is 17.9 Å². The van der Waals surface area contributed by atoms with E-state index in [1.807, 2.05) is 6.92 Å². The van der Waals surface area contributed by atoms with Gasteiger partial charge in [0, 0.05) is 24.8 Å². The average molecular weight is 314 g/mol. The van der Waals surface area contributed by atoms with E-state index in [-0.39, 0.29) is 22.9 Å². The first-order valence-corrected chi connectivity index (χ1v) is 8.90. The van der Waals surface area contributed by atoms with Gasteiger partial charge in [0.25, 0.3) is 0 Å². The first kappa shape index (κ1) is 15.2. The number of carbonyl (C=O) groups is 2. The van der Waals surface area contributed by atoms with Crippen LogP contribution < -0.4 is 0 Å². The lowest BCUT2D eigenvalue weighted by molar-refractivity contribution is -0.140. The quantitative estimate of drug-likeness (QED) is 0.632. The van der Waals surface area contributed by atoms with Gasteiger partial charge in [-0.05, 0) is 47.7 Å². The fraction of sp³-hybridized carbons (Fsp3) is 0.700. The molecule has 3 nitrogen and oxygen atoms in total. The second kappa shape index (κ2) is 4.58. The molecule has 124 valence electrons. The van der Waals surface area contributed by atoms with E-state index in [0.717, 1.165) is 29.6 Å². The summed E-state index contributed by atoms with van der Waals surface area (Å²) in [4.78, 5) is 24.8. The highest BCUT2D eigenvalue weighted by atomic mass is 16.5. The molecule has 3 aliphatic carbocycles. The molecular formula is C20H26O3. The lowest BCUT2D eigenvalue weighted by atomic mass is 9.48. The molecule has 0 aromatic heterocycles. The van der Waals surface area contributed by atoms with Gasteiger partial charge < -0.3 is 4.74 Å². The standard InChI is InChI=1S/C20H26O3/c1-11-12-8-13-14(9-16(12)23-18(11)22)20(4)7-5-6-19(2,3)17(20)10-15(13)21/h16-17H,5-10H2,1-4H3/t16-,17+,20+/m1/s1. The van der Waals surface area contributed by atoms with Crippen molar-refractivity contribution in [1.82, 2.24) is 0 Å². The molecule has 4 rings (SSSR count). The van der Waals surface area contributed by atoms with E-state index in [2.05, 4.69) is 20.8 Å². The number of esters is 1. The van der Waals surface area contributed by atoms with Crippen molar-refractivity contribution in [2.24, 2.45) is 16.7 Å². The molecule has 0 saturated heterocycles. The van der Waals surface area contributed by atoms with Crippen LogP contribution in [0.5, 0.6) is 0 Å². The first-order valence-electron chi connectivity index (χ1n) is 8.90. The van der Waals surface area contributed by atoms with Gasteiger partial charge in [0.1, 0.15) is 6.10 Å². The topological polar surface area (TPSA) is 43.4 Å². The van der Waals surface area contributed by atoms with Crippen LogP contribution >= 0.6 is 0 Å². The number of allylic oxidation sites excluding steroid dienone is 1. The summed E-state index contributed by atoms with van der Waals surface area (Å²) in [5.41, 5.74) is 4.40. The molecule has 1 saturated carbocycles. The smallest absolute Gasteiger partial charge is 0.334 e. The van der Waals surface area contributed by atoms with Crippen molar-refractivity contribution in [2.75, 3.05) is 0 Å². The zero-order chi connectivity index (χ0) is 16.6. The minimum absolute atomic E-state index is 0.0967. The van der Waals surface area contributed by atoms with E-state index in [0.29, 0.717) is 24.5 Å². The van der Waals surface area contributed by atoms with Crippen molar-refractivity contribution in [3.8, 4) is 0 Å². The third-order valence-electron chi connectivity index (χ3n) is 7.19. The molecule has 0 amide bonds. The number of rotatable bonds is 0. The summed E-state index contributed by atoms with van der Waals surface area (Å²) in [5, 5.41) is 0. The Kier molecular flexibility index (Phi) is 3.02. The number of Topliss-reactive ketones (excluding diaryl/α,β-unsaturated/α-hetero) is 1. The van der Waals surface area contributed by atoms with Gasteiger partial charge >= 0.3 is 5.97 Å². The largest absolute Gasteiger partial charge is 0.454 e. The average Bonchev–Trinajstić information content (AvgIpc) is 2.75. The van der Waals surface area contributed by atoms with Gasteiger partial charge in [-0.2, -0.15) is 0 Å². The Hall–Kier alpha value is -1.38. The van der Waals surface area contributed by atoms with E-state index < -0.39 is 0 Å². The summed E-state index contributed by atoms with van der Waals surface area (Å²) in [6.45, 7) is 8.84. The number of hydrogen-bond donors (Lipinski definition) is 0. The van der Waals surface area contributed by atoms with Crippen molar-refractivity contribution < 1.29 is 14.3 Å². The van der Waals surface area contributed by atoms with Gasteiger partial charge in [-0.3, -0.25) is 4.79 Å². The van der Waals surface area contributed by atoms with Crippen LogP contribution in [0.2, 0.25) is 0 Å². The molecule has 0 bridgehead atoms. The molecule has 0 aromatic rings. The maximum atomic E-state index is 12.9. The molecular weight excluding hydrogens is 288 g/mol. The van der Waals surface area contributed by atoms with Gasteiger partial charge in [-0.1, -0.05) is 32.8 Å². The van der Waals surface area contributed by atoms with Gasteiger partial charge in [0.05, 0.1) is 0 Å². The van der Waals surface area contributed by atoms with Crippen molar-refractivity contribution in [1.29, 1.82) is 0 Å². The summed E-state index contributed by atoms with van der Waals surface area (Å²) >= 11 is 0. The van der Waals surface area contributed by atoms with E-state index in [9.17, 15) is 9.59 Å². The maximum absolute atomic E-state index is 12.9. The Morgan fingerprint density at radius 3 is 2.57 bits per heavy atom. The normalized spacial score (nSPS) is 39.0. The molecule has 1 fully saturated rings. The van der Waals surface area contributed by atoms with Gasteiger partial charge in [-0.25, -0.2) is 4.79 Å². The summed E-state index contributed by atoms with van der Waals surface area (Å²) in [6.07, 6.45) is 5.51. The Morgan fingerprint density at radius 2 is 1.83 bits per heavy atom. The SMILES string of the molecule is CC1=C2CC3=C(C[C@H]2OC1=O)[C@]1(C)CCCC(C)(C)[C@@H]1CC3=O. The molecule has 4 aliphatic rings. The summed E-state index contributed by atoms with van der Waals surface area (Å²) in [5.74, 6) is 0.539. The Labute approximate surface area is 138 Å². The molecule has 0 spiro atoms. The van der Waals surface area contributed by atoms with Crippen LogP contribution in [0.4, 0.5) is 0 Å². The molecule has 3 atom stereocenters. The molecule has 1 aliphatic heterocycles. The second-order valence-corrected chi connectivity index (χ2v) is 8.82. The van der Waals surface area contributed by atoms with Crippen LogP contribution in [0.1, 0.15) is 66.2 Å². The molecule has 0 N–H and O–H groups in total. The molecule has 0 aromatic carbocycles. The highest BCUT2D eigenvalue weighted by Gasteiger charge is 2.55. The fourth-order valence-corrected chi connectivity index (χ4v) is 5.82. The molecule has 0 radical (unpaired) electrons. The van der Waals surface area contributed by atoms with Crippen molar-refractivity contribution in [3.05, 3.63) is 22.3 Å². The van der Waals surface area contributed by atoms with E-state index in [1.54, 1.807) is 0 Å². The minimum Gasteiger partial charge on any atom is -0.454 e. The third-order valence-corrected chi connectivity index (χ3v) is 7.19.